The number of fused-ring (bicyclic) bond motifs is 3. The van der Waals surface area contributed by atoms with E-state index in [9.17, 15) is 14.7 Å². The van der Waals surface area contributed by atoms with E-state index in [1.807, 2.05) is 26.0 Å². The number of hydrogen-bond acceptors (Lipinski definition) is 4. The summed E-state index contributed by atoms with van der Waals surface area (Å²) >= 11 is 6.15. The van der Waals surface area contributed by atoms with Crippen LogP contribution in [0.4, 0.5) is 0 Å². The highest BCUT2D eigenvalue weighted by Gasteiger charge is 2.40. The zero-order chi connectivity index (χ0) is 23.7. The molecule has 5 rings (SSSR count). The van der Waals surface area contributed by atoms with Gasteiger partial charge in [0.25, 0.3) is 5.56 Å². The molecule has 170 valence electrons. The number of aryl methyl sites for hydroxylation is 1. The number of hydrogen-bond donors (Lipinski definition) is 1. The Kier molecular flexibility index (Phi) is 4.81. The predicted octanol–water partition coefficient (Wildman–Crippen LogP) is 3.92. The van der Waals surface area contributed by atoms with Gasteiger partial charge in [0.2, 0.25) is 0 Å². The first-order valence-corrected chi connectivity index (χ1v) is 11.0. The second kappa shape index (κ2) is 7.37. The van der Waals surface area contributed by atoms with Crippen LogP contribution in [-0.4, -0.2) is 25.4 Å². The minimum absolute atomic E-state index is 0.151. The van der Waals surface area contributed by atoms with Crippen molar-refractivity contribution in [3.05, 3.63) is 85.6 Å². The van der Waals surface area contributed by atoms with Crippen LogP contribution in [0.3, 0.4) is 0 Å². The minimum atomic E-state index is -0.528. The van der Waals surface area contributed by atoms with E-state index in [0.717, 1.165) is 27.1 Å². The highest BCUT2D eigenvalue weighted by molar-refractivity contribution is 6.30. The van der Waals surface area contributed by atoms with Crippen LogP contribution in [0.25, 0.3) is 22.2 Å². The fraction of sp³-hybridized carbons (Fsp3) is 0.280. The molecule has 0 radical (unpaired) electrons. The molecule has 4 aromatic rings. The third-order valence-electron chi connectivity index (χ3n) is 6.38. The molecule has 0 unspecified atom stereocenters. The summed E-state index contributed by atoms with van der Waals surface area (Å²) in [5.41, 5.74) is 2.37. The summed E-state index contributed by atoms with van der Waals surface area (Å²) in [6.07, 6.45) is -0.528. The fourth-order valence-corrected chi connectivity index (χ4v) is 4.91. The number of ether oxygens (including phenoxy) is 1. The van der Waals surface area contributed by atoms with Crippen molar-refractivity contribution < 1.29 is 9.84 Å². The number of aromatic nitrogens is 3. The molecule has 3 heterocycles. The largest absolute Gasteiger partial charge is 0.508 e. The molecule has 8 heteroatoms. The van der Waals surface area contributed by atoms with Crippen molar-refractivity contribution in [1.82, 2.24) is 13.7 Å². The van der Waals surface area contributed by atoms with Crippen molar-refractivity contribution in [2.45, 2.75) is 25.5 Å². The molecule has 0 amide bonds. The number of benzene rings is 2. The van der Waals surface area contributed by atoms with E-state index in [2.05, 4.69) is 4.57 Å². The lowest BCUT2D eigenvalue weighted by Crippen LogP contribution is -2.40. The second-order valence-electron chi connectivity index (χ2n) is 9.10. The molecule has 2 aromatic heterocycles. The molecular formula is C25H24ClN3O4. The van der Waals surface area contributed by atoms with Gasteiger partial charge in [0.15, 0.2) is 0 Å². The predicted molar refractivity (Wildman–Crippen MR) is 128 cm³/mol. The maximum absolute atomic E-state index is 13.5. The van der Waals surface area contributed by atoms with E-state index in [1.165, 1.54) is 11.6 Å². The number of nitrogens with zero attached hydrogens (tertiary/aromatic N) is 3. The monoisotopic (exact) mass is 465 g/mol. The summed E-state index contributed by atoms with van der Waals surface area (Å²) in [6, 6.07) is 14.1. The van der Waals surface area contributed by atoms with Crippen molar-refractivity contribution in [3.8, 4) is 17.0 Å². The van der Waals surface area contributed by atoms with E-state index < -0.39 is 17.3 Å². The quantitative estimate of drug-likeness (QED) is 0.486. The van der Waals surface area contributed by atoms with E-state index >= 15 is 0 Å². The lowest BCUT2D eigenvalue weighted by atomic mass is 9.98. The maximum Gasteiger partial charge on any atom is 0.331 e. The Morgan fingerprint density at radius 2 is 1.64 bits per heavy atom. The van der Waals surface area contributed by atoms with Gasteiger partial charge in [0.1, 0.15) is 11.9 Å². The van der Waals surface area contributed by atoms with Gasteiger partial charge in [-0.3, -0.25) is 13.9 Å². The summed E-state index contributed by atoms with van der Waals surface area (Å²) in [5.74, 6) is 0.151. The van der Waals surface area contributed by atoms with Crippen LogP contribution in [0, 0.1) is 0 Å². The first-order chi connectivity index (χ1) is 15.6. The van der Waals surface area contributed by atoms with E-state index in [1.54, 1.807) is 43.4 Å². The molecule has 7 nitrogen and oxygen atoms in total. The molecule has 1 atom stereocenters. The fourth-order valence-electron chi connectivity index (χ4n) is 4.78. The topological polar surface area (TPSA) is 78.4 Å². The second-order valence-corrected chi connectivity index (χ2v) is 9.54. The molecule has 1 aliphatic rings. The first-order valence-electron chi connectivity index (χ1n) is 10.6. The highest BCUT2D eigenvalue weighted by Crippen LogP contribution is 2.45. The Morgan fingerprint density at radius 1 is 1.00 bits per heavy atom. The van der Waals surface area contributed by atoms with Gasteiger partial charge in [-0.1, -0.05) is 35.9 Å². The molecule has 0 saturated carbocycles. The van der Waals surface area contributed by atoms with Crippen LogP contribution in [-0.2, 0) is 24.4 Å². The Balaban J connectivity index is 2.00. The van der Waals surface area contributed by atoms with E-state index in [-0.39, 0.29) is 11.3 Å². The van der Waals surface area contributed by atoms with Gasteiger partial charge in [-0.05, 0) is 49.2 Å². The Labute approximate surface area is 195 Å². The third-order valence-corrected chi connectivity index (χ3v) is 6.63. The standard InChI is InChI=1S/C25H24ClN3O4/c1-25(2)13-33-22(15-7-11-17(30)12-8-15)21-20-18(23(31)28(4)24(32)27(20)3)19(29(21)25)14-5-9-16(26)10-6-14/h5-12,22,30H,13H2,1-4H3/t22-/m0/s1. The molecule has 1 N–H and O–H groups in total. The van der Waals surface area contributed by atoms with Gasteiger partial charge in [-0.25, -0.2) is 4.79 Å². The molecule has 0 spiro atoms. The molecule has 0 aliphatic carbocycles. The number of phenolic OH excluding ortho intramolecular Hbond substituents is 1. The third kappa shape index (κ3) is 3.14. The van der Waals surface area contributed by atoms with E-state index in [0.29, 0.717) is 22.5 Å². The van der Waals surface area contributed by atoms with Crippen LogP contribution < -0.4 is 11.2 Å². The molecule has 1 aliphatic heterocycles. The van der Waals surface area contributed by atoms with Gasteiger partial charge in [0, 0.05) is 19.1 Å². The number of rotatable bonds is 2. The van der Waals surface area contributed by atoms with Crippen molar-refractivity contribution in [2.24, 2.45) is 14.1 Å². The van der Waals surface area contributed by atoms with Crippen LogP contribution in [0.2, 0.25) is 5.02 Å². The number of aromatic hydroxyl groups is 1. The molecule has 0 bridgehead atoms. The Morgan fingerprint density at radius 3 is 2.27 bits per heavy atom. The van der Waals surface area contributed by atoms with Gasteiger partial charge in [0.05, 0.1) is 34.4 Å². The number of halogens is 1. The van der Waals surface area contributed by atoms with Gasteiger partial charge < -0.3 is 14.4 Å². The van der Waals surface area contributed by atoms with Crippen molar-refractivity contribution in [1.29, 1.82) is 0 Å². The average Bonchev–Trinajstić information content (AvgIpc) is 3.15. The SMILES string of the molecule is Cn1c(=O)c2c(-c3ccc(Cl)cc3)n3c(c2n(C)c1=O)[C@H](c1ccc(O)cc1)OCC3(C)C. The minimum Gasteiger partial charge on any atom is -0.508 e. The van der Waals surface area contributed by atoms with Crippen LogP contribution in [0.15, 0.2) is 58.1 Å². The lowest BCUT2D eigenvalue weighted by molar-refractivity contribution is -0.00708. The van der Waals surface area contributed by atoms with Crippen molar-refractivity contribution >= 4 is 22.5 Å². The zero-order valence-corrected chi connectivity index (χ0v) is 19.6. The van der Waals surface area contributed by atoms with Gasteiger partial charge in [-0.15, -0.1) is 0 Å². The smallest absolute Gasteiger partial charge is 0.331 e. The molecular weight excluding hydrogens is 442 g/mol. The summed E-state index contributed by atoms with van der Waals surface area (Å²) in [7, 11) is 3.16. The van der Waals surface area contributed by atoms with Gasteiger partial charge >= 0.3 is 5.69 Å². The van der Waals surface area contributed by atoms with Crippen molar-refractivity contribution in [3.63, 3.8) is 0 Å². The molecule has 2 aromatic carbocycles. The molecule has 33 heavy (non-hydrogen) atoms. The Bertz CT molecular complexity index is 1510. The first kappa shape index (κ1) is 21.6. The van der Waals surface area contributed by atoms with Crippen molar-refractivity contribution in [2.75, 3.05) is 6.61 Å². The van der Waals surface area contributed by atoms with E-state index in [4.69, 9.17) is 16.3 Å². The highest BCUT2D eigenvalue weighted by atomic mass is 35.5. The van der Waals surface area contributed by atoms with Crippen LogP contribution >= 0.6 is 11.6 Å². The average molecular weight is 466 g/mol. The van der Waals surface area contributed by atoms with Gasteiger partial charge in [-0.2, -0.15) is 0 Å². The number of phenols is 1. The lowest BCUT2D eigenvalue weighted by Gasteiger charge is -2.39. The molecule has 0 fully saturated rings. The Hall–Kier alpha value is -3.29. The van der Waals surface area contributed by atoms with Crippen LogP contribution in [0.5, 0.6) is 5.75 Å². The normalized spacial score (nSPS) is 17.3. The summed E-state index contributed by atoms with van der Waals surface area (Å²) in [4.78, 5) is 26.5. The summed E-state index contributed by atoms with van der Waals surface area (Å²) in [5, 5.41) is 10.8. The molecule has 0 saturated heterocycles. The maximum atomic E-state index is 13.5. The summed E-state index contributed by atoms with van der Waals surface area (Å²) < 4.78 is 11.1. The van der Waals surface area contributed by atoms with Crippen LogP contribution in [0.1, 0.15) is 31.2 Å². The summed E-state index contributed by atoms with van der Waals surface area (Å²) in [6.45, 7) is 4.48. The zero-order valence-electron chi connectivity index (χ0n) is 18.8.